The Morgan fingerprint density at radius 2 is 2.12 bits per heavy atom. The maximum absolute atomic E-state index is 5.59. The van der Waals surface area contributed by atoms with E-state index in [4.69, 9.17) is 22.7 Å². The molecule has 1 unspecified atom stereocenters. The van der Waals surface area contributed by atoms with E-state index >= 15 is 0 Å². The van der Waals surface area contributed by atoms with Crippen LogP contribution in [0, 0.1) is 5.92 Å². The lowest BCUT2D eigenvalue weighted by molar-refractivity contribution is 0.172. The minimum absolute atomic E-state index is 0.237. The first kappa shape index (κ1) is 13.1. The van der Waals surface area contributed by atoms with Crippen LogP contribution in [0.5, 0.6) is 0 Å². The number of hydrogen-bond acceptors (Lipinski definition) is 4. The highest BCUT2D eigenvalue weighted by molar-refractivity contribution is 7.80. The summed E-state index contributed by atoms with van der Waals surface area (Å²) in [5.74, 6) is 0.455. The summed E-state index contributed by atoms with van der Waals surface area (Å²) >= 11 is 4.94. The van der Waals surface area contributed by atoms with Crippen LogP contribution >= 0.6 is 12.2 Å². The standard InChI is InChI=1S/C10H18N4OS/c1-6(2)7(3)14-8(5-15-4)9(10(11)16)12-13-14/h6-7H,5H2,1-4H3,(H2,11,16). The number of ether oxygens (including phenoxy) is 1. The van der Waals surface area contributed by atoms with Crippen molar-refractivity contribution in [1.82, 2.24) is 15.0 Å². The number of nitrogens with zero attached hydrogens (tertiary/aromatic N) is 3. The fraction of sp³-hybridized carbons (Fsp3) is 0.700. The number of aromatic nitrogens is 3. The van der Waals surface area contributed by atoms with E-state index in [1.165, 1.54) is 0 Å². The van der Waals surface area contributed by atoms with Crippen LogP contribution in [-0.4, -0.2) is 27.1 Å². The van der Waals surface area contributed by atoms with Crippen molar-refractivity contribution >= 4 is 17.2 Å². The van der Waals surface area contributed by atoms with Crippen molar-refractivity contribution in [3.05, 3.63) is 11.4 Å². The van der Waals surface area contributed by atoms with Gasteiger partial charge in [0.05, 0.1) is 18.3 Å². The van der Waals surface area contributed by atoms with E-state index in [0.717, 1.165) is 5.69 Å². The Morgan fingerprint density at radius 3 is 2.56 bits per heavy atom. The van der Waals surface area contributed by atoms with Crippen LogP contribution in [-0.2, 0) is 11.3 Å². The van der Waals surface area contributed by atoms with Crippen molar-refractivity contribution in [2.75, 3.05) is 7.11 Å². The smallest absolute Gasteiger partial charge is 0.145 e. The summed E-state index contributed by atoms with van der Waals surface area (Å²) in [6.07, 6.45) is 0. The monoisotopic (exact) mass is 242 g/mol. The zero-order valence-electron chi connectivity index (χ0n) is 10.1. The molecule has 5 nitrogen and oxygen atoms in total. The molecule has 0 aliphatic carbocycles. The van der Waals surface area contributed by atoms with Gasteiger partial charge in [-0.25, -0.2) is 4.68 Å². The molecule has 6 heteroatoms. The molecule has 1 atom stereocenters. The van der Waals surface area contributed by atoms with Gasteiger partial charge in [0.1, 0.15) is 10.7 Å². The van der Waals surface area contributed by atoms with Crippen molar-refractivity contribution in [1.29, 1.82) is 0 Å². The lowest BCUT2D eigenvalue weighted by Crippen LogP contribution is -2.18. The van der Waals surface area contributed by atoms with Crippen molar-refractivity contribution in [3.63, 3.8) is 0 Å². The average molecular weight is 242 g/mol. The van der Waals surface area contributed by atoms with E-state index in [0.29, 0.717) is 18.2 Å². The Hall–Kier alpha value is -1.01. The minimum Gasteiger partial charge on any atom is -0.388 e. The van der Waals surface area contributed by atoms with Gasteiger partial charge in [-0.1, -0.05) is 31.3 Å². The molecule has 2 N–H and O–H groups in total. The molecule has 1 aromatic rings. The van der Waals surface area contributed by atoms with Crippen LogP contribution in [0.1, 0.15) is 38.2 Å². The fourth-order valence-corrected chi connectivity index (χ4v) is 1.54. The van der Waals surface area contributed by atoms with Gasteiger partial charge in [-0.05, 0) is 12.8 Å². The maximum Gasteiger partial charge on any atom is 0.145 e. The molecule has 1 heterocycles. The first-order valence-corrected chi connectivity index (χ1v) is 5.62. The third-order valence-corrected chi connectivity index (χ3v) is 2.85. The number of nitrogens with two attached hydrogens (primary N) is 1. The quantitative estimate of drug-likeness (QED) is 0.788. The first-order valence-electron chi connectivity index (χ1n) is 5.21. The molecule has 0 amide bonds. The van der Waals surface area contributed by atoms with Crippen LogP contribution in [0.3, 0.4) is 0 Å². The minimum atomic E-state index is 0.237. The number of rotatable bonds is 5. The van der Waals surface area contributed by atoms with Crippen LogP contribution in [0.25, 0.3) is 0 Å². The third kappa shape index (κ3) is 2.56. The molecule has 0 aliphatic heterocycles. The van der Waals surface area contributed by atoms with E-state index < -0.39 is 0 Å². The zero-order chi connectivity index (χ0) is 12.3. The predicted octanol–water partition coefficient (Wildman–Crippen LogP) is 1.28. The molecule has 1 rings (SSSR count). The van der Waals surface area contributed by atoms with Crippen molar-refractivity contribution in [2.45, 2.75) is 33.4 Å². The molecule has 0 radical (unpaired) electrons. The molecule has 0 aliphatic rings. The van der Waals surface area contributed by atoms with Gasteiger partial charge in [-0.2, -0.15) is 0 Å². The topological polar surface area (TPSA) is 66.0 Å². The van der Waals surface area contributed by atoms with Gasteiger partial charge >= 0.3 is 0 Å². The molecule has 0 bridgehead atoms. The maximum atomic E-state index is 5.59. The summed E-state index contributed by atoms with van der Waals surface area (Å²) in [5.41, 5.74) is 7.00. The summed E-state index contributed by atoms with van der Waals surface area (Å²) in [6, 6.07) is 0.237. The van der Waals surface area contributed by atoms with Crippen molar-refractivity contribution < 1.29 is 4.74 Å². The molecular weight excluding hydrogens is 224 g/mol. The summed E-state index contributed by atoms with van der Waals surface area (Å²) in [7, 11) is 1.63. The summed E-state index contributed by atoms with van der Waals surface area (Å²) in [4.78, 5) is 0.259. The van der Waals surface area contributed by atoms with E-state index in [1.54, 1.807) is 7.11 Å². The van der Waals surface area contributed by atoms with Crippen molar-refractivity contribution in [3.8, 4) is 0 Å². The average Bonchev–Trinajstić information content (AvgIpc) is 2.61. The Labute approximate surface area is 101 Å². The third-order valence-electron chi connectivity index (χ3n) is 2.66. The van der Waals surface area contributed by atoms with Crippen LogP contribution in [0.2, 0.25) is 0 Å². The second-order valence-electron chi connectivity index (χ2n) is 4.11. The SMILES string of the molecule is COCc1c(C(N)=S)nnn1C(C)C(C)C. The van der Waals surface area contributed by atoms with Gasteiger partial charge in [0.2, 0.25) is 0 Å². The van der Waals surface area contributed by atoms with Crippen LogP contribution in [0.15, 0.2) is 0 Å². The second kappa shape index (κ2) is 5.36. The molecule has 0 spiro atoms. The van der Waals surface area contributed by atoms with Gasteiger partial charge in [0.25, 0.3) is 0 Å². The highest BCUT2D eigenvalue weighted by Crippen LogP contribution is 2.19. The van der Waals surface area contributed by atoms with Gasteiger partial charge in [-0.3, -0.25) is 0 Å². The van der Waals surface area contributed by atoms with Gasteiger partial charge < -0.3 is 10.5 Å². The Bertz CT molecular complexity index is 375. The zero-order valence-corrected chi connectivity index (χ0v) is 10.9. The Balaban J connectivity index is 3.14. The summed E-state index contributed by atoms with van der Waals surface area (Å²) in [5, 5.41) is 8.10. The second-order valence-corrected chi connectivity index (χ2v) is 4.55. The molecule has 90 valence electrons. The lowest BCUT2D eigenvalue weighted by Gasteiger charge is -2.18. The first-order chi connectivity index (χ1) is 7.49. The molecule has 0 aromatic carbocycles. The summed E-state index contributed by atoms with van der Waals surface area (Å²) < 4.78 is 6.97. The molecule has 16 heavy (non-hydrogen) atoms. The molecule has 1 aromatic heterocycles. The fourth-order valence-electron chi connectivity index (χ4n) is 1.39. The Morgan fingerprint density at radius 1 is 1.50 bits per heavy atom. The number of hydrogen-bond donors (Lipinski definition) is 1. The predicted molar refractivity (Wildman–Crippen MR) is 66.2 cm³/mol. The normalized spacial score (nSPS) is 13.1. The summed E-state index contributed by atoms with van der Waals surface area (Å²) in [6.45, 7) is 6.76. The Kier molecular flexibility index (Phi) is 4.37. The van der Waals surface area contributed by atoms with Crippen molar-refractivity contribution in [2.24, 2.45) is 11.7 Å². The van der Waals surface area contributed by atoms with E-state index in [-0.39, 0.29) is 11.0 Å². The van der Waals surface area contributed by atoms with Gasteiger partial charge in [0, 0.05) is 7.11 Å². The van der Waals surface area contributed by atoms with E-state index in [2.05, 4.69) is 31.1 Å². The van der Waals surface area contributed by atoms with Crippen LogP contribution in [0.4, 0.5) is 0 Å². The molecule has 0 saturated heterocycles. The largest absolute Gasteiger partial charge is 0.388 e. The molecular formula is C10H18N4OS. The molecule has 0 fully saturated rings. The van der Waals surface area contributed by atoms with Gasteiger partial charge in [-0.15, -0.1) is 5.10 Å². The van der Waals surface area contributed by atoms with E-state index in [9.17, 15) is 0 Å². The van der Waals surface area contributed by atoms with Crippen LogP contribution < -0.4 is 5.73 Å². The molecule has 0 saturated carbocycles. The highest BCUT2D eigenvalue weighted by Gasteiger charge is 2.20. The number of methoxy groups -OCH3 is 1. The van der Waals surface area contributed by atoms with E-state index in [1.807, 2.05) is 4.68 Å². The number of thiocarbonyl (C=S) groups is 1. The van der Waals surface area contributed by atoms with Gasteiger partial charge in [0.15, 0.2) is 0 Å². The highest BCUT2D eigenvalue weighted by atomic mass is 32.1. The lowest BCUT2D eigenvalue weighted by atomic mass is 10.1.